The fourth-order valence-electron chi connectivity index (χ4n) is 0. The Kier molecular flexibility index (Phi) is 25.5. The van der Waals surface area contributed by atoms with Crippen LogP contribution >= 0.6 is 0 Å². The summed E-state index contributed by atoms with van der Waals surface area (Å²) in [5.74, 6) is -0.833. The molecule has 0 rings (SSSR count). The van der Waals surface area contributed by atoms with Crippen LogP contribution in [0.1, 0.15) is 8.35 Å². The Morgan fingerprint density at radius 2 is 1.83 bits per heavy atom. The van der Waals surface area contributed by atoms with E-state index >= 15 is 0 Å². The van der Waals surface area contributed by atoms with Crippen LogP contribution < -0.4 is 51.4 Å². The van der Waals surface area contributed by atoms with Crippen molar-refractivity contribution in [2.75, 3.05) is 0 Å². The summed E-state index contributed by atoms with van der Waals surface area (Å²) >= 11 is 0. The maximum absolute atomic E-state index is 9.00. The molecule has 0 aromatic carbocycles. The first-order valence-corrected chi connectivity index (χ1v) is 0.928. The third-order valence-electron chi connectivity index (χ3n) is 0. The first kappa shape index (κ1) is 15.6. The van der Waals surface area contributed by atoms with Gasteiger partial charge >= 0.3 is 51.4 Å². The maximum atomic E-state index is 9.00. The minimum Gasteiger partial charge on any atom is -1.00 e. The molecule has 0 aromatic heterocycles. The molecule has 0 heterocycles. The second kappa shape index (κ2) is 9.78. The Morgan fingerprint density at radius 1 is 1.83 bits per heavy atom. The fraction of sp³-hybridized carbons (Fsp3) is 0.500. The van der Waals surface area contributed by atoms with E-state index in [4.69, 9.17) is 9.90 Å². The van der Waals surface area contributed by atoms with Gasteiger partial charge in [-0.2, -0.15) is 0 Å². The zero-order valence-corrected chi connectivity index (χ0v) is 7.78. The number of carboxylic acid groups (broad SMARTS) is 1. The van der Waals surface area contributed by atoms with E-state index in [-0.39, 0.29) is 69.3 Å². The monoisotopic (exact) mass is 158 g/mol. The summed E-state index contributed by atoms with van der Waals surface area (Å²) < 4.78 is 0. The van der Waals surface area contributed by atoms with Crippen molar-refractivity contribution in [3.63, 3.8) is 0 Å². The number of hydrogen-bond donors (Lipinski definition) is 1. The number of hydrogen-bond acceptors (Lipinski definition) is 1. The summed E-state index contributed by atoms with van der Waals surface area (Å²) in [5.41, 5.74) is 0. The maximum Gasteiger partial charge on any atom is 1.00 e. The molecule has 0 fully saturated rings. The van der Waals surface area contributed by atoms with Crippen molar-refractivity contribution >= 4 is 5.97 Å². The standard InChI is InChI=1S/C2H4O2.K.Ni.H/c1-2(3)4;;;/h1H3,(H,3,4);;;/q;+1;;-1. The van der Waals surface area contributed by atoms with Crippen LogP contribution in [0, 0.1) is 0 Å². The smallest absolute Gasteiger partial charge is 1.00 e. The Hall–Kier alpha value is 1.60. The number of aliphatic carboxylic acids is 1. The number of carboxylic acids is 1. The van der Waals surface area contributed by atoms with E-state index in [1.807, 2.05) is 0 Å². The normalized spacial score (nSPS) is 4.17. The first-order chi connectivity index (χ1) is 1.73. The second-order valence-electron chi connectivity index (χ2n) is 0.519. The molecule has 0 radical (unpaired) electrons. The van der Waals surface area contributed by atoms with Gasteiger partial charge in [0.2, 0.25) is 0 Å². The molecule has 0 saturated carbocycles. The molecule has 0 bridgehead atoms. The average molecular weight is 159 g/mol. The Bertz CT molecular complexity index is 38.7. The molecule has 1 N–H and O–H groups in total. The molecule has 0 aliphatic heterocycles. The molecular formula is C2H5KNiO2. The van der Waals surface area contributed by atoms with E-state index in [0.717, 1.165) is 6.92 Å². The van der Waals surface area contributed by atoms with Gasteiger partial charge in [0.15, 0.2) is 0 Å². The molecule has 2 nitrogen and oxygen atoms in total. The Morgan fingerprint density at radius 3 is 1.83 bits per heavy atom. The summed E-state index contributed by atoms with van der Waals surface area (Å²) in [7, 11) is 0. The van der Waals surface area contributed by atoms with E-state index in [1.54, 1.807) is 0 Å². The van der Waals surface area contributed by atoms with Crippen molar-refractivity contribution in [1.82, 2.24) is 0 Å². The number of carbonyl (C=O) groups is 1. The summed E-state index contributed by atoms with van der Waals surface area (Å²) in [4.78, 5) is 9.00. The van der Waals surface area contributed by atoms with Crippen molar-refractivity contribution in [3.8, 4) is 0 Å². The molecular weight excluding hydrogens is 154 g/mol. The van der Waals surface area contributed by atoms with Crippen molar-refractivity contribution in [1.29, 1.82) is 0 Å². The van der Waals surface area contributed by atoms with Gasteiger partial charge in [0.05, 0.1) is 0 Å². The van der Waals surface area contributed by atoms with Gasteiger partial charge in [-0.25, -0.2) is 0 Å². The Balaban J connectivity index is -0.0000000150. The minimum atomic E-state index is -0.833. The molecule has 4 heteroatoms. The van der Waals surface area contributed by atoms with Gasteiger partial charge in [-0.3, -0.25) is 4.79 Å². The van der Waals surface area contributed by atoms with Gasteiger partial charge in [-0.05, 0) is 0 Å². The largest absolute Gasteiger partial charge is 1.00 e. The van der Waals surface area contributed by atoms with Crippen LogP contribution in [0.15, 0.2) is 0 Å². The van der Waals surface area contributed by atoms with E-state index in [0.29, 0.717) is 0 Å². The Labute approximate surface area is 90.5 Å². The van der Waals surface area contributed by atoms with E-state index < -0.39 is 5.97 Å². The van der Waals surface area contributed by atoms with Gasteiger partial charge in [0.25, 0.3) is 5.97 Å². The molecule has 0 atom stereocenters. The summed E-state index contributed by atoms with van der Waals surface area (Å²) in [6.07, 6.45) is 0. The van der Waals surface area contributed by atoms with Crippen LogP contribution in [0.2, 0.25) is 0 Å². The SMILES string of the molecule is CC(=O)O.[H-].[K+].[Ni]. The molecule has 0 aromatic rings. The first-order valence-electron chi connectivity index (χ1n) is 0.928. The van der Waals surface area contributed by atoms with Gasteiger partial charge in [-0.15, -0.1) is 0 Å². The van der Waals surface area contributed by atoms with Crippen LogP contribution in [0.3, 0.4) is 0 Å². The molecule has 0 aliphatic rings. The van der Waals surface area contributed by atoms with Crippen LogP contribution in [0.5, 0.6) is 0 Å². The summed E-state index contributed by atoms with van der Waals surface area (Å²) in [6, 6.07) is 0. The minimum absolute atomic E-state index is 0. The van der Waals surface area contributed by atoms with Crippen molar-refractivity contribution in [3.05, 3.63) is 0 Å². The summed E-state index contributed by atoms with van der Waals surface area (Å²) in [5, 5.41) is 7.42. The molecule has 0 amide bonds. The molecule has 0 spiro atoms. The summed E-state index contributed by atoms with van der Waals surface area (Å²) in [6.45, 7) is 1.08. The molecule has 0 saturated heterocycles. The van der Waals surface area contributed by atoms with Gasteiger partial charge < -0.3 is 6.53 Å². The van der Waals surface area contributed by atoms with Gasteiger partial charge in [-0.1, -0.05) is 0 Å². The van der Waals surface area contributed by atoms with Crippen LogP contribution in [-0.4, -0.2) is 11.1 Å². The van der Waals surface area contributed by atoms with E-state index in [2.05, 4.69) is 0 Å². The van der Waals surface area contributed by atoms with Crippen LogP contribution in [0.4, 0.5) is 0 Å². The van der Waals surface area contributed by atoms with Gasteiger partial charge in [0.1, 0.15) is 0 Å². The predicted octanol–water partition coefficient (Wildman–Crippen LogP) is -2.80. The average Bonchev–Trinajstić information content (AvgIpc) is 0.811. The van der Waals surface area contributed by atoms with Crippen molar-refractivity contribution in [2.45, 2.75) is 6.92 Å². The predicted molar refractivity (Wildman–Crippen MR) is 14.4 cm³/mol. The zero-order valence-electron chi connectivity index (χ0n) is 4.67. The van der Waals surface area contributed by atoms with E-state index in [1.165, 1.54) is 0 Å². The van der Waals surface area contributed by atoms with Crippen molar-refractivity contribution < 1.29 is 79.2 Å². The molecule has 0 aliphatic carbocycles. The fourth-order valence-corrected chi connectivity index (χ4v) is 0. The second-order valence-corrected chi connectivity index (χ2v) is 0.519. The quantitative estimate of drug-likeness (QED) is 0.387. The molecule has 6 heavy (non-hydrogen) atoms. The van der Waals surface area contributed by atoms with Crippen LogP contribution in [-0.2, 0) is 21.3 Å². The number of rotatable bonds is 0. The van der Waals surface area contributed by atoms with Gasteiger partial charge in [0, 0.05) is 23.4 Å². The van der Waals surface area contributed by atoms with Crippen molar-refractivity contribution in [2.24, 2.45) is 0 Å². The molecule has 0 unspecified atom stereocenters. The van der Waals surface area contributed by atoms with E-state index in [9.17, 15) is 0 Å². The zero-order chi connectivity index (χ0) is 3.58. The topological polar surface area (TPSA) is 37.3 Å². The molecule has 36 valence electrons. The third kappa shape index (κ3) is 46.3. The third-order valence-corrected chi connectivity index (χ3v) is 0. The van der Waals surface area contributed by atoms with Crippen LogP contribution in [0.25, 0.3) is 0 Å².